The molecule has 0 amide bonds. The van der Waals surface area contributed by atoms with Crippen LogP contribution in [0.3, 0.4) is 0 Å². The van der Waals surface area contributed by atoms with Gasteiger partial charge in [0.1, 0.15) is 22.8 Å². The molecule has 0 aliphatic heterocycles. The van der Waals surface area contributed by atoms with E-state index in [1.165, 1.54) is 38.5 Å². The number of phenols is 1. The van der Waals surface area contributed by atoms with Gasteiger partial charge in [-0.25, -0.2) is 4.79 Å². The van der Waals surface area contributed by atoms with Gasteiger partial charge < -0.3 is 14.6 Å². The van der Waals surface area contributed by atoms with Gasteiger partial charge in [-0.15, -0.1) is 0 Å². The summed E-state index contributed by atoms with van der Waals surface area (Å²) in [5, 5.41) is 10.3. The molecule has 170 valence electrons. The smallest absolute Gasteiger partial charge is 0.347 e. The maximum absolute atomic E-state index is 12.5. The quantitative estimate of drug-likeness (QED) is 0.195. The van der Waals surface area contributed by atoms with Crippen LogP contribution in [0, 0.1) is 5.92 Å². The number of rotatable bonds is 14. The van der Waals surface area contributed by atoms with Crippen LogP contribution in [0.1, 0.15) is 88.1 Å². The molecule has 1 N–H and O–H groups in total. The van der Waals surface area contributed by atoms with E-state index in [-0.39, 0.29) is 11.3 Å². The number of unbranched alkanes of at least 4 members (excludes halogenated alkanes) is 4. The summed E-state index contributed by atoms with van der Waals surface area (Å²) < 4.78 is 11.2. The minimum absolute atomic E-state index is 0.0336. The molecule has 0 aliphatic carbocycles. The van der Waals surface area contributed by atoms with Crippen molar-refractivity contribution < 1.29 is 19.4 Å². The molecule has 0 saturated heterocycles. The minimum Gasteiger partial charge on any atom is -0.507 e. The molecule has 31 heavy (non-hydrogen) atoms. The summed E-state index contributed by atoms with van der Waals surface area (Å²) in [4.78, 5) is 12.5. The van der Waals surface area contributed by atoms with Crippen LogP contribution in [-0.2, 0) is 6.42 Å². The van der Waals surface area contributed by atoms with Gasteiger partial charge in [0.05, 0.1) is 6.61 Å². The first-order valence-corrected chi connectivity index (χ1v) is 11.8. The fraction of sp³-hybridized carbons (Fsp3) is 0.519. The number of phenolic OH excluding ortho intramolecular Hbond substituents is 1. The summed E-state index contributed by atoms with van der Waals surface area (Å²) in [6.07, 6.45) is 10.3. The van der Waals surface area contributed by atoms with E-state index in [1.807, 2.05) is 6.07 Å². The van der Waals surface area contributed by atoms with Crippen LogP contribution in [0.4, 0.5) is 0 Å². The van der Waals surface area contributed by atoms with Gasteiger partial charge in [0, 0.05) is 0 Å². The summed E-state index contributed by atoms with van der Waals surface area (Å²) in [5.41, 5.74) is 1.21. The molecule has 2 aromatic carbocycles. The van der Waals surface area contributed by atoms with Gasteiger partial charge in [0.25, 0.3) is 0 Å². The number of ether oxygens (including phenoxy) is 2. The maximum atomic E-state index is 12.5. The molecular formula is C27H38O4. The third kappa shape index (κ3) is 9.04. The van der Waals surface area contributed by atoms with Crippen molar-refractivity contribution in [2.75, 3.05) is 6.61 Å². The van der Waals surface area contributed by atoms with Crippen molar-refractivity contribution in [2.24, 2.45) is 5.92 Å². The Balaban J connectivity index is 1.83. The van der Waals surface area contributed by atoms with E-state index in [1.54, 1.807) is 36.4 Å². The van der Waals surface area contributed by atoms with Crippen molar-refractivity contribution in [2.45, 2.75) is 78.6 Å². The number of benzene rings is 2. The monoisotopic (exact) mass is 426 g/mol. The van der Waals surface area contributed by atoms with E-state index >= 15 is 0 Å². The zero-order chi connectivity index (χ0) is 22.5. The Labute approximate surface area is 187 Å². The topological polar surface area (TPSA) is 55.8 Å². The van der Waals surface area contributed by atoms with E-state index in [0.29, 0.717) is 18.3 Å². The second-order valence-corrected chi connectivity index (χ2v) is 8.41. The summed E-state index contributed by atoms with van der Waals surface area (Å²) in [5.74, 6) is 1.25. The fourth-order valence-electron chi connectivity index (χ4n) is 3.62. The normalized spacial score (nSPS) is 11.8. The van der Waals surface area contributed by atoms with E-state index < -0.39 is 5.97 Å². The van der Waals surface area contributed by atoms with E-state index in [9.17, 15) is 9.90 Å². The number of carbonyl (C=O) groups excluding carboxylic acids is 1. The molecule has 0 aromatic heterocycles. The molecule has 1 unspecified atom stereocenters. The van der Waals surface area contributed by atoms with Crippen molar-refractivity contribution in [3.05, 3.63) is 53.6 Å². The van der Waals surface area contributed by atoms with Gasteiger partial charge in [-0.3, -0.25) is 0 Å². The first kappa shape index (κ1) is 24.8. The lowest BCUT2D eigenvalue weighted by Crippen LogP contribution is -2.09. The van der Waals surface area contributed by atoms with Crippen LogP contribution in [0.15, 0.2) is 42.5 Å². The van der Waals surface area contributed by atoms with Crippen molar-refractivity contribution in [1.82, 2.24) is 0 Å². The third-order valence-electron chi connectivity index (χ3n) is 5.54. The first-order chi connectivity index (χ1) is 15.0. The number of esters is 1. The Bertz CT molecular complexity index is 782. The van der Waals surface area contributed by atoms with Crippen molar-refractivity contribution in [3.63, 3.8) is 0 Å². The van der Waals surface area contributed by atoms with Crippen LogP contribution in [0.2, 0.25) is 0 Å². The number of aromatic hydroxyl groups is 1. The van der Waals surface area contributed by atoms with Crippen molar-refractivity contribution in [1.29, 1.82) is 0 Å². The zero-order valence-electron chi connectivity index (χ0n) is 19.4. The second kappa shape index (κ2) is 13.7. The average molecular weight is 427 g/mol. The Kier molecular flexibility index (Phi) is 11.0. The molecule has 0 bridgehead atoms. The molecule has 0 saturated carbocycles. The Morgan fingerprint density at radius 1 is 0.903 bits per heavy atom. The number of hydrogen-bond acceptors (Lipinski definition) is 4. The van der Waals surface area contributed by atoms with Crippen LogP contribution in [0.25, 0.3) is 0 Å². The van der Waals surface area contributed by atoms with Gasteiger partial charge in [0.2, 0.25) is 0 Å². The van der Waals surface area contributed by atoms with Gasteiger partial charge in [-0.05, 0) is 67.1 Å². The molecule has 2 aromatic rings. The van der Waals surface area contributed by atoms with Crippen LogP contribution in [-0.4, -0.2) is 17.7 Å². The molecule has 0 spiro atoms. The maximum Gasteiger partial charge on any atom is 0.347 e. The Hall–Kier alpha value is -2.49. The predicted octanol–water partition coefficient (Wildman–Crippen LogP) is 7.33. The zero-order valence-corrected chi connectivity index (χ0v) is 19.4. The standard InChI is InChI=1S/C27H38O4/c1-4-6-7-8-9-19-30-23-14-16-24(17-15-23)31-27(29)25-18-13-22(20-26(25)28)12-11-21(3)10-5-2/h13-18,20-21,28H,4-12,19H2,1-3H3. The molecule has 0 radical (unpaired) electrons. The Morgan fingerprint density at radius 3 is 2.29 bits per heavy atom. The molecule has 0 fully saturated rings. The summed E-state index contributed by atoms with van der Waals surface area (Å²) >= 11 is 0. The van der Waals surface area contributed by atoms with Gasteiger partial charge in [-0.2, -0.15) is 0 Å². The highest BCUT2D eigenvalue weighted by Crippen LogP contribution is 2.24. The highest BCUT2D eigenvalue weighted by Gasteiger charge is 2.15. The van der Waals surface area contributed by atoms with Crippen molar-refractivity contribution in [3.8, 4) is 17.2 Å². The number of hydrogen-bond donors (Lipinski definition) is 1. The molecule has 1 atom stereocenters. The fourth-order valence-corrected chi connectivity index (χ4v) is 3.62. The lowest BCUT2D eigenvalue weighted by molar-refractivity contribution is 0.0731. The van der Waals surface area contributed by atoms with Crippen LogP contribution < -0.4 is 9.47 Å². The predicted molar refractivity (Wildman–Crippen MR) is 126 cm³/mol. The van der Waals surface area contributed by atoms with E-state index in [4.69, 9.17) is 9.47 Å². The molecule has 0 aliphatic rings. The Morgan fingerprint density at radius 2 is 1.61 bits per heavy atom. The highest BCUT2D eigenvalue weighted by molar-refractivity contribution is 5.93. The second-order valence-electron chi connectivity index (χ2n) is 8.41. The van der Waals surface area contributed by atoms with E-state index in [2.05, 4.69) is 20.8 Å². The summed E-state index contributed by atoms with van der Waals surface area (Å²) in [6, 6.07) is 12.2. The van der Waals surface area contributed by atoms with Crippen LogP contribution in [0.5, 0.6) is 17.2 Å². The summed E-state index contributed by atoms with van der Waals surface area (Å²) in [6.45, 7) is 7.34. The van der Waals surface area contributed by atoms with Crippen LogP contribution >= 0.6 is 0 Å². The highest BCUT2D eigenvalue weighted by atomic mass is 16.5. The molecule has 0 heterocycles. The SMILES string of the molecule is CCCCCCCOc1ccc(OC(=O)c2ccc(CCC(C)CCC)cc2O)cc1. The molecule has 4 heteroatoms. The number of aryl methyl sites for hydroxylation is 1. The van der Waals surface area contributed by atoms with E-state index in [0.717, 1.165) is 30.6 Å². The van der Waals surface area contributed by atoms with Gasteiger partial charge >= 0.3 is 5.97 Å². The molecular weight excluding hydrogens is 388 g/mol. The third-order valence-corrected chi connectivity index (χ3v) is 5.54. The largest absolute Gasteiger partial charge is 0.507 e. The minimum atomic E-state index is -0.562. The van der Waals surface area contributed by atoms with Gasteiger partial charge in [0.15, 0.2) is 0 Å². The average Bonchev–Trinajstić information content (AvgIpc) is 2.76. The molecule has 2 rings (SSSR count). The molecule has 4 nitrogen and oxygen atoms in total. The lowest BCUT2D eigenvalue weighted by Gasteiger charge is -2.11. The van der Waals surface area contributed by atoms with Crippen molar-refractivity contribution >= 4 is 5.97 Å². The van der Waals surface area contributed by atoms with Gasteiger partial charge in [-0.1, -0.05) is 65.4 Å². The first-order valence-electron chi connectivity index (χ1n) is 11.8. The lowest BCUT2D eigenvalue weighted by atomic mass is 9.96. The summed E-state index contributed by atoms with van der Waals surface area (Å²) in [7, 11) is 0. The number of carbonyl (C=O) groups is 1.